The van der Waals surface area contributed by atoms with Gasteiger partial charge < -0.3 is 13.6 Å². The van der Waals surface area contributed by atoms with Crippen molar-refractivity contribution >= 4 is 15.8 Å². The summed E-state index contributed by atoms with van der Waals surface area (Å²) in [6.07, 6.45) is 1.43. The van der Waals surface area contributed by atoms with Crippen molar-refractivity contribution in [3.8, 4) is 11.7 Å². The van der Waals surface area contributed by atoms with Crippen LogP contribution in [0.4, 0.5) is 8.78 Å². The average Bonchev–Trinajstić information content (AvgIpc) is 3.31. The second kappa shape index (κ2) is 7.04. The first-order valence-corrected chi connectivity index (χ1v) is 8.58. The smallest absolute Gasteiger partial charge is 0.341 e. The van der Waals surface area contributed by atoms with Crippen LogP contribution in [0.25, 0.3) is 11.7 Å². The van der Waals surface area contributed by atoms with Crippen molar-refractivity contribution in [1.82, 2.24) is 10.2 Å². The third kappa shape index (κ3) is 3.61. The highest BCUT2D eigenvalue weighted by atomic mass is 32.2. The van der Waals surface area contributed by atoms with E-state index in [1.54, 1.807) is 12.1 Å². The number of halogens is 2. The van der Waals surface area contributed by atoms with Crippen LogP contribution in [0.5, 0.6) is 0 Å². The predicted molar refractivity (Wildman–Crippen MR) is 80.8 cm³/mol. The maximum atomic E-state index is 12.5. The number of nitrogens with zero attached hydrogens (tertiary/aromatic N) is 2. The maximum Gasteiger partial charge on any atom is 0.341 e. The molecule has 3 rings (SSSR count). The zero-order valence-electron chi connectivity index (χ0n) is 12.8. The highest BCUT2D eigenvalue weighted by Gasteiger charge is 2.26. The summed E-state index contributed by atoms with van der Waals surface area (Å²) in [5.74, 6) is -3.87. The van der Waals surface area contributed by atoms with Crippen LogP contribution in [0.2, 0.25) is 0 Å². The van der Waals surface area contributed by atoms with Crippen molar-refractivity contribution < 1.29 is 35.6 Å². The second-order valence-corrected chi connectivity index (χ2v) is 6.80. The summed E-state index contributed by atoms with van der Waals surface area (Å²) in [6, 6.07) is 7.19. The van der Waals surface area contributed by atoms with Gasteiger partial charge in [0.05, 0.1) is 16.7 Å². The standard InChI is InChI=1S/C15H10F2N2O6S/c16-15(17)26(21,22)10-5-3-9(4-6-10)14(20)24-8-12-18-19-13(25-12)11-2-1-7-23-11/h1-7,15H,8H2. The Morgan fingerprint density at radius 1 is 1.15 bits per heavy atom. The minimum atomic E-state index is -4.72. The summed E-state index contributed by atoms with van der Waals surface area (Å²) in [6.45, 7) is -0.330. The summed E-state index contributed by atoms with van der Waals surface area (Å²) in [5, 5.41) is 7.41. The predicted octanol–water partition coefficient (Wildman–Crippen LogP) is 2.68. The molecule has 2 aromatic heterocycles. The molecule has 0 bridgehead atoms. The van der Waals surface area contributed by atoms with Crippen LogP contribution in [0.3, 0.4) is 0 Å². The number of carbonyl (C=O) groups is 1. The number of esters is 1. The Morgan fingerprint density at radius 2 is 1.88 bits per heavy atom. The van der Waals surface area contributed by atoms with Gasteiger partial charge in [0.15, 0.2) is 12.4 Å². The quantitative estimate of drug-likeness (QED) is 0.596. The molecule has 0 unspecified atom stereocenters. The van der Waals surface area contributed by atoms with Gasteiger partial charge in [0.25, 0.3) is 11.8 Å². The molecule has 136 valence electrons. The van der Waals surface area contributed by atoms with Gasteiger partial charge in [-0.25, -0.2) is 13.2 Å². The number of hydrogen-bond donors (Lipinski definition) is 0. The summed E-state index contributed by atoms with van der Waals surface area (Å²) in [7, 11) is -4.72. The lowest BCUT2D eigenvalue weighted by Gasteiger charge is -2.05. The minimum Gasteiger partial charge on any atom is -0.459 e. The van der Waals surface area contributed by atoms with Crippen LogP contribution in [0, 0.1) is 0 Å². The van der Waals surface area contributed by atoms with Gasteiger partial charge in [-0.15, -0.1) is 10.2 Å². The number of rotatable bonds is 6. The topological polar surface area (TPSA) is 112 Å². The number of furan rings is 1. The molecule has 0 atom stereocenters. The van der Waals surface area contributed by atoms with Crippen LogP contribution in [-0.4, -0.2) is 30.3 Å². The molecule has 0 amide bonds. The first-order valence-electron chi connectivity index (χ1n) is 7.03. The van der Waals surface area contributed by atoms with Gasteiger partial charge >= 0.3 is 11.7 Å². The van der Waals surface area contributed by atoms with Crippen LogP contribution in [-0.2, 0) is 21.2 Å². The Labute approximate surface area is 145 Å². The van der Waals surface area contributed by atoms with Gasteiger partial charge in [0.1, 0.15) is 0 Å². The van der Waals surface area contributed by atoms with Crippen molar-refractivity contribution in [3.63, 3.8) is 0 Å². The Morgan fingerprint density at radius 3 is 2.50 bits per heavy atom. The van der Waals surface area contributed by atoms with E-state index in [2.05, 4.69) is 10.2 Å². The molecule has 11 heteroatoms. The SMILES string of the molecule is O=C(OCc1nnc(-c2ccco2)o1)c1ccc(S(=O)(=O)C(F)F)cc1. The molecule has 2 heterocycles. The Kier molecular flexibility index (Phi) is 4.80. The van der Waals surface area contributed by atoms with Gasteiger partial charge in [0, 0.05) is 0 Å². The van der Waals surface area contributed by atoms with Crippen molar-refractivity contribution in [2.75, 3.05) is 0 Å². The van der Waals surface area contributed by atoms with Gasteiger partial charge in [-0.3, -0.25) is 0 Å². The molecule has 0 aliphatic heterocycles. The molecule has 26 heavy (non-hydrogen) atoms. The van der Waals surface area contributed by atoms with E-state index in [-0.39, 0.29) is 24.0 Å². The lowest BCUT2D eigenvalue weighted by molar-refractivity contribution is 0.0438. The zero-order chi connectivity index (χ0) is 18.7. The van der Waals surface area contributed by atoms with Crippen LogP contribution >= 0.6 is 0 Å². The third-order valence-electron chi connectivity index (χ3n) is 3.18. The van der Waals surface area contributed by atoms with Gasteiger partial charge in [-0.1, -0.05) is 0 Å². The van der Waals surface area contributed by atoms with E-state index in [4.69, 9.17) is 13.6 Å². The maximum absolute atomic E-state index is 12.5. The van der Waals surface area contributed by atoms with Gasteiger partial charge in [-0.05, 0) is 36.4 Å². The Bertz CT molecular complexity index is 997. The zero-order valence-corrected chi connectivity index (χ0v) is 13.7. The number of benzene rings is 1. The molecule has 0 saturated carbocycles. The van der Waals surface area contributed by atoms with Crippen molar-refractivity contribution in [1.29, 1.82) is 0 Å². The van der Waals surface area contributed by atoms with Gasteiger partial charge in [-0.2, -0.15) is 8.78 Å². The lowest BCUT2D eigenvalue weighted by Crippen LogP contribution is -2.12. The molecule has 0 saturated heterocycles. The van der Waals surface area contributed by atoms with E-state index in [1.807, 2.05) is 0 Å². The molecular weight excluding hydrogens is 374 g/mol. The van der Waals surface area contributed by atoms with Crippen molar-refractivity contribution in [2.45, 2.75) is 17.3 Å². The fourth-order valence-corrected chi connectivity index (χ4v) is 2.63. The molecule has 1 aromatic carbocycles. The van der Waals surface area contributed by atoms with Crippen LogP contribution < -0.4 is 0 Å². The van der Waals surface area contributed by atoms with Gasteiger partial charge in [0.2, 0.25) is 9.84 Å². The van der Waals surface area contributed by atoms with Crippen molar-refractivity contribution in [3.05, 3.63) is 54.1 Å². The summed E-state index contributed by atoms with van der Waals surface area (Å²) >= 11 is 0. The molecule has 0 aliphatic rings. The highest BCUT2D eigenvalue weighted by molar-refractivity contribution is 7.91. The fourth-order valence-electron chi connectivity index (χ4n) is 1.91. The molecule has 0 radical (unpaired) electrons. The molecule has 0 fully saturated rings. The summed E-state index contributed by atoms with van der Waals surface area (Å²) < 4.78 is 62.8. The lowest BCUT2D eigenvalue weighted by atomic mass is 10.2. The minimum absolute atomic E-state index is 0.0154. The van der Waals surface area contributed by atoms with E-state index in [0.29, 0.717) is 5.76 Å². The second-order valence-electron chi connectivity index (χ2n) is 4.88. The molecular formula is C15H10F2N2O6S. The number of aromatic nitrogens is 2. The van der Waals surface area contributed by atoms with E-state index >= 15 is 0 Å². The van der Waals surface area contributed by atoms with Crippen molar-refractivity contribution in [2.24, 2.45) is 0 Å². The molecule has 3 aromatic rings. The molecule has 0 N–H and O–H groups in total. The number of sulfone groups is 1. The third-order valence-corrected chi connectivity index (χ3v) is 4.58. The van der Waals surface area contributed by atoms with Crippen LogP contribution in [0.1, 0.15) is 16.2 Å². The van der Waals surface area contributed by atoms with E-state index in [9.17, 15) is 22.0 Å². The Balaban J connectivity index is 1.64. The molecule has 0 spiro atoms. The van der Waals surface area contributed by atoms with E-state index in [0.717, 1.165) is 24.3 Å². The Hall–Kier alpha value is -3.08. The molecule has 8 nitrogen and oxygen atoms in total. The average molecular weight is 384 g/mol. The van der Waals surface area contributed by atoms with E-state index in [1.165, 1.54) is 6.26 Å². The normalized spacial score (nSPS) is 11.7. The summed E-state index contributed by atoms with van der Waals surface area (Å²) in [4.78, 5) is 11.3. The highest BCUT2D eigenvalue weighted by Crippen LogP contribution is 2.20. The monoisotopic (exact) mass is 384 g/mol. The summed E-state index contributed by atoms with van der Waals surface area (Å²) in [5.41, 5.74) is -0.0241. The number of ether oxygens (including phenoxy) is 1. The largest absolute Gasteiger partial charge is 0.459 e. The molecule has 0 aliphatic carbocycles. The van der Waals surface area contributed by atoms with Crippen LogP contribution in [0.15, 0.2) is 56.4 Å². The number of alkyl halides is 2. The number of carbonyl (C=O) groups excluding carboxylic acids is 1. The first kappa shape index (κ1) is 17.7. The number of hydrogen-bond acceptors (Lipinski definition) is 8. The first-order chi connectivity index (χ1) is 12.4. The van der Waals surface area contributed by atoms with E-state index < -0.39 is 26.5 Å². The fraction of sp³-hybridized carbons (Fsp3) is 0.133.